The van der Waals surface area contributed by atoms with E-state index in [0.717, 1.165) is 30.1 Å². The molecule has 82 valence electrons. The van der Waals surface area contributed by atoms with E-state index in [1.54, 1.807) is 0 Å². The van der Waals surface area contributed by atoms with Gasteiger partial charge in [-0.25, -0.2) is 0 Å². The van der Waals surface area contributed by atoms with Gasteiger partial charge in [0.15, 0.2) is 0 Å². The van der Waals surface area contributed by atoms with Crippen LogP contribution in [0.25, 0.3) is 0 Å². The van der Waals surface area contributed by atoms with Crippen molar-refractivity contribution in [3.05, 3.63) is 0 Å². The summed E-state index contributed by atoms with van der Waals surface area (Å²) in [5.41, 5.74) is -0.252. The lowest BCUT2D eigenvalue weighted by molar-refractivity contribution is -0.159. The van der Waals surface area contributed by atoms with Crippen molar-refractivity contribution in [3.63, 3.8) is 0 Å². The lowest BCUT2D eigenvalue weighted by atomic mass is 9.76. The highest BCUT2D eigenvalue weighted by Gasteiger charge is 2.40. The molecule has 1 saturated heterocycles. The summed E-state index contributed by atoms with van der Waals surface area (Å²) >= 11 is 2.34. The van der Waals surface area contributed by atoms with Gasteiger partial charge in [-0.3, -0.25) is 4.79 Å². The van der Waals surface area contributed by atoms with Gasteiger partial charge in [-0.15, -0.1) is 0 Å². The third kappa shape index (κ3) is 2.82. The molecular formula is C10H17IO3. The van der Waals surface area contributed by atoms with E-state index in [1.807, 2.05) is 0 Å². The number of carbonyl (C=O) groups is 1. The van der Waals surface area contributed by atoms with Crippen molar-refractivity contribution in [2.75, 3.05) is 24.8 Å². The predicted molar refractivity (Wildman–Crippen MR) is 62.6 cm³/mol. The van der Waals surface area contributed by atoms with E-state index in [4.69, 9.17) is 9.47 Å². The summed E-state index contributed by atoms with van der Waals surface area (Å²) < 4.78 is 11.3. The molecule has 0 aliphatic carbocycles. The van der Waals surface area contributed by atoms with Crippen molar-refractivity contribution in [2.45, 2.75) is 25.7 Å². The Balaban J connectivity index is 2.61. The molecule has 1 fully saturated rings. The molecule has 0 aromatic heterocycles. The molecule has 0 radical (unpaired) electrons. The van der Waals surface area contributed by atoms with Gasteiger partial charge in [0, 0.05) is 13.2 Å². The van der Waals surface area contributed by atoms with Crippen LogP contribution in [-0.4, -0.2) is 30.7 Å². The van der Waals surface area contributed by atoms with Gasteiger partial charge in [-0.1, -0.05) is 22.6 Å². The minimum atomic E-state index is -0.252. The molecule has 1 aliphatic heterocycles. The number of esters is 1. The smallest absolute Gasteiger partial charge is 0.311 e. The van der Waals surface area contributed by atoms with Gasteiger partial charge in [0.25, 0.3) is 0 Å². The summed E-state index contributed by atoms with van der Waals surface area (Å²) in [5.74, 6) is -0.0503. The van der Waals surface area contributed by atoms with E-state index in [0.29, 0.717) is 13.2 Å². The zero-order valence-electron chi connectivity index (χ0n) is 8.55. The Morgan fingerprint density at radius 2 is 2.14 bits per heavy atom. The molecule has 4 heteroatoms. The second-order valence-electron chi connectivity index (χ2n) is 3.68. The third-order valence-electron chi connectivity index (χ3n) is 2.86. The van der Waals surface area contributed by atoms with Crippen LogP contribution in [0.5, 0.6) is 0 Å². The molecule has 1 rings (SSSR count). The highest BCUT2D eigenvalue weighted by atomic mass is 127. The van der Waals surface area contributed by atoms with Crippen LogP contribution in [0.15, 0.2) is 0 Å². The molecule has 14 heavy (non-hydrogen) atoms. The highest BCUT2D eigenvalue weighted by Crippen LogP contribution is 2.36. The van der Waals surface area contributed by atoms with Gasteiger partial charge in [0.05, 0.1) is 12.5 Å². The Morgan fingerprint density at radius 1 is 1.50 bits per heavy atom. The summed E-state index contributed by atoms with van der Waals surface area (Å²) in [7, 11) is 1.48. The van der Waals surface area contributed by atoms with E-state index in [-0.39, 0.29) is 11.4 Å². The first-order valence-electron chi connectivity index (χ1n) is 4.97. The second-order valence-corrected chi connectivity index (χ2v) is 4.76. The predicted octanol–water partition coefficient (Wildman–Crippen LogP) is 2.17. The molecule has 0 atom stereocenters. The summed E-state index contributed by atoms with van der Waals surface area (Å²) in [6, 6.07) is 0. The molecule has 0 unspecified atom stereocenters. The van der Waals surface area contributed by atoms with Crippen molar-refractivity contribution in [3.8, 4) is 0 Å². The van der Waals surface area contributed by atoms with Crippen LogP contribution >= 0.6 is 22.6 Å². The number of rotatable bonds is 4. The fraction of sp³-hybridized carbons (Fsp3) is 0.900. The van der Waals surface area contributed by atoms with Crippen LogP contribution in [0.2, 0.25) is 0 Å². The third-order valence-corrected chi connectivity index (χ3v) is 3.62. The van der Waals surface area contributed by atoms with Gasteiger partial charge in [0.1, 0.15) is 0 Å². The molecule has 0 spiro atoms. The van der Waals surface area contributed by atoms with E-state index in [1.165, 1.54) is 7.11 Å². The average molecular weight is 312 g/mol. The Hall–Kier alpha value is 0.160. The number of methoxy groups -OCH3 is 1. The number of hydrogen-bond donors (Lipinski definition) is 0. The Kier molecular flexibility index (Phi) is 5.15. The van der Waals surface area contributed by atoms with Crippen molar-refractivity contribution < 1.29 is 14.3 Å². The molecule has 0 aromatic rings. The van der Waals surface area contributed by atoms with Gasteiger partial charge in [-0.2, -0.15) is 0 Å². The summed E-state index contributed by atoms with van der Waals surface area (Å²) in [4.78, 5) is 11.7. The van der Waals surface area contributed by atoms with Crippen LogP contribution in [0.3, 0.4) is 0 Å². The largest absolute Gasteiger partial charge is 0.469 e. The zero-order chi connectivity index (χ0) is 10.4. The summed E-state index contributed by atoms with van der Waals surface area (Å²) in [6.45, 7) is 1.38. The standard InChI is InChI=1S/C10H17IO3/c1-13-9(12)10(3-2-6-11)4-7-14-8-5-10/h2-8H2,1H3. The highest BCUT2D eigenvalue weighted by molar-refractivity contribution is 14.1. The van der Waals surface area contributed by atoms with E-state index < -0.39 is 0 Å². The maximum Gasteiger partial charge on any atom is 0.311 e. The SMILES string of the molecule is COC(=O)C1(CCCI)CCOCC1. The first-order chi connectivity index (χ1) is 6.75. The normalized spacial score (nSPS) is 20.4. The maximum absolute atomic E-state index is 11.7. The lowest BCUT2D eigenvalue weighted by Gasteiger charge is -2.34. The Labute approximate surface area is 98.7 Å². The van der Waals surface area contributed by atoms with Crippen molar-refractivity contribution in [2.24, 2.45) is 5.41 Å². The molecule has 0 saturated carbocycles. The number of halogens is 1. The topological polar surface area (TPSA) is 35.5 Å². The quantitative estimate of drug-likeness (QED) is 0.453. The second kappa shape index (κ2) is 5.90. The van der Waals surface area contributed by atoms with Crippen LogP contribution in [0.1, 0.15) is 25.7 Å². The molecule has 0 N–H and O–H groups in total. The van der Waals surface area contributed by atoms with Crippen LogP contribution in [0, 0.1) is 5.41 Å². The van der Waals surface area contributed by atoms with Crippen molar-refractivity contribution in [1.29, 1.82) is 0 Å². The minimum Gasteiger partial charge on any atom is -0.469 e. The van der Waals surface area contributed by atoms with Crippen LogP contribution < -0.4 is 0 Å². The molecule has 0 aromatic carbocycles. The Morgan fingerprint density at radius 3 is 2.64 bits per heavy atom. The van der Waals surface area contributed by atoms with Gasteiger partial charge >= 0.3 is 5.97 Å². The molecule has 3 nitrogen and oxygen atoms in total. The first-order valence-corrected chi connectivity index (χ1v) is 6.50. The fourth-order valence-electron chi connectivity index (χ4n) is 1.94. The molecule has 1 aliphatic rings. The molecule has 0 bridgehead atoms. The van der Waals surface area contributed by atoms with Gasteiger partial charge < -0.3 is 9.47 Å². The monoisotopic (exact) mass is 312 g/mol. The van der Waals surface area contributed by atoms with Gasteiger partial charge in [0.2, 0.25) is 0 Å². The van der Waals surface area contributed by atoms with Gasteiger partial charge in [-0.05, 0) is 30.1 Å². The number of carbonyl (C=O) groups excluding carboxylic acids is 1. The summed E-state index contributed by atoms with van der Waals surface area (Å²) in [5, 5.41) is 0. The summed E-state index contributed by atoms with van der Waals surface area (Å²) in [6.07, 6.45) is 3.65. The number of alkyl halides is 1. The number of ether oxygens (including phenoxy) is 2. The lowest BCUT2D eigenvalue weighted by Crippen LogP contribution is -2.38. The van der Waals surface area contributed by atoms with Crippen molar-refractivity contribution >= 4 is 28.6 Å². The molecule has 1 heterocycles. The maximum atomic E-state index is 11.7. The number of hydrogen-bond acceptors (Lipinski definition) is 3. The zero-order valence-corrected chi connectivity index (χ0v) is 10.7. The van der Waals surface area contributed by atoms with E-state index >= 15 is 0 Å². The Bertz CT molecular complexity index is 188. The average Bonchev–Trinajstić information content (AvgIpc) is 2.26. The molecular weight excluding hydrogens is 295 g/mol. The van der Waals surface area contributed by atoms with Crippen molar-refractivity contribution in [1.82, 2.24) is 0 Å². The van der Waals surface area contributed by atoms with E-state index in [9.17, 15) is 4.79 Å². The van der Waals surface area contributed by atoms with Crippen LogP contribution in [-0.2, 0) is 14.3 Å². The first kappa shape index (κ1) is 12.2. The molecule has 0 amide bonds. The van der Waals surface area contributed by atoms with Crippen LogP contribution in [0.4, 0.5) is 0 Å². The fourth-order valence-corrected chi connectivity index (χ4v) is 2.32. The minimum absolute atomic E-state index is 0.0503. The van der Waals surface area contributed by atoms with E-state index in [2.05, 4.69) is 22.6 Å².